The third-order valence-corrected chi connectivity index (χ3v) is 3.14. The Balaban J connectivity index is 2.15. The number of hydrogen-bond donors (Lipinski definition) is 1. The minimum atomic E-state index is 0.531. The van der Waals surface area contributed by atoms with Gasteiger partial charge in [0.15, 0.2) is 0 Å². The summed E-state index contributed by atoms with van der Waals surface area (Å²) in [6, 6.07) is 2.50. The van der Waals surface area contributed by atoms with E-state index in [-0.39, 0.29) is 0 Å². The maximum Gasteiger partial charge on any atom is 0.131 e. The monoisotopic (exact) mass is 221 g/mol. The Morgan fingerprint density at radius 1 is 1.44 bits per heavy atom. The van der Waals surface area contributed by atoms with E-state index in [4.69, 9.17) is 10.5 Å². The van der Waals surface area contributed by atoms with E-state index in [1.54, 1.807) is 6.20 Å². The molecule has 0 atom stereocenters. The zero-order chi connectivity index (χ0) is 11.5. The molecular formula is C12H19N3O. The van der Waals surface area contributed by atoms with Crippen LogP contribution in [0.4, 0.5) is 11.5 Å². The number of aromatic nitrogens is 1. The highest BCUT2D eigenvalue weighted by molar-refractivity contribution is 5.52. The quantitative estimate of drug-likeness (QED) is 0.824. The Hall–Kier alpha value is -1.29. The summed E-state index contributed by atoms with van der Waals surface area (Å²) in [5.41, 5.74) is 7.56. The molecule has 16 heavy (non-hydrogen) atoms. The van der Waals surface area contributed by atoms with Crippen LogP contribution in [0.2, 0.25) is 0 Å². The fourth-order valence-corrected chi connectivity index (χ4v) is 2.20. The summed E-state index contributed by atoms with van der Waals surface area (Å²) >= 11 is 0. The lowest BCUT2D eigenvalue weighted by Gasteiger charge is -2.32. The minimum absolute atomic E-state index is 0.531. The highest BCUT2D eigenvalue weighted by Gasteiger charge is 2.20. The third-order valence-electron chi connectivity index (χ3n) is 3.14. The summed E-state index contributed by atoms with van der Waals surface area (Å²) in [4.78, 5) is 6.66. The highest BCUT2D eigenvalue weighted by Crippen LogP contribution is 2.23. The first kappa shape index (κ1) is 11.2. The van der Waals surface area contributed by atoms with Gasteiger partial charge in [-0.05, 0) is 31.4 Å². The molecule has 1 aromatic heterocycles. The number of pyridine rings is 1. The zero-order valence-corrected chi connectivity index (χ0v) is 9.94. The third kappa shape index (κ3) is 2.27. The first-order valence-corrected chi connectivity index (χ1v) is 5.71. The van der Waals surface area contributed by atoms with E-state index in [0.717, 1.165) is 43.1 Å². The van der Waals surface area contributed by atoms with Crippen molar-refractivity contribution in [2.45, 2.75) is 25.8 Å². The van der Waals surface area contributed by atoms with Gasteiger partial charge < -0.3 is 15.4 Å². The molecule has 0 radical (unpaired) electrons. The lowest BCUT2D eigenvalue weighted by atomic mass is 10.1. The van der Waals surface area contributed by atoms with Crippen molar-refractivity contribution in [3.8, 4) is 0 Å². The first-order chi connectivity index (χ1) is 7.68. The fraction of sp³-hybridized carbons (Fsp3) is 0.583. The summed E-state index contributed by atoms with van der Waals surface area (Å²) in [6.07, 6.45) is 3.86. The van der Waals surface area contributed by atoms with Crippen LogP contribution in [0.25, 0.3) is 0 Å². The lowest BCUT2D eigenvalue weighted by Crippen LogP contribution is -2.37. The number of rotatable bonds is 2. The van der Waals surface area contributed by atoms with Gasteiger partial charge in [0, 0.05) is 26.3 Å². The number of nitrogens with zero attached hydrogens (tertiary/aromatic N) is 2. The van der Waals surface area contributed by atoms with Gasteiger partial charge in [-0.25, -0.2) is 4.98 Å². The maximum absolute atomic E-state index is 5.71. The van der Waals surface area contributed by atoms with Gasteiger partial charge in [0.05, 0.1) is 11.9 Å². The maximum atomic E-state index is 5.71. The normalized spacial score (nSPS) is 17.4. The number of hydrogen-bond acceptors (Lipinski definition) is 4. The van der Waals surface area contributed by atoms with Crippen molar-refractivity contribution < 1.29 is 4.74 Å². The zero-order valence-electron chi connectivity index (χ0n) is 9.94. The number of nitrogens with two attached hydrogens (primary N) is 1. The van der Waals surface area contributed by atoms with E-state index in [1.807, 2.05) is 6.07 Å². The van der Waals surface area contributed by atoms with Gasteiger partial charge >= 0.3 is 0 Å². The average molecular weight is 221 g/mol. The molecule has 0 unspecified atom stereocenters. The molecule has 2 heterocycles. The van der Waals surface area contributed by atoms with Gasteiger partial charge in [-0.1, -0.05) is 0 Å². The second kappa shape index (κ2) is 4.70. The Bertz CT molecular complexity index is 361. The topological polar surface area (TPSA) is 51.4 Å². The predicted octanol–water partition coefficient (Wildman–Crippen LogP) is 1.59. The summed E-state index contributed by atoms with van der Waals surface area (Å²) in [6.45, 7) is 3.75. The van der Waals surface area contributed by atoms with Crippen molar-refractivity contribution in [1.29, 1.82) is 0 Å². The number of anilines is 2. The molecule has 88 valence electrons. The molecule has 0 amide bonds. The Morgan fingerprint density at radius 3 is 2.75 bits per heavy atom. The molecule has 0 aliphatic carbocycles. The summed E-state index contributed by atoms with van der Waals surface area (Å²) < 4.78 is 5.37. The molecule has 1 aromatic rings. The van der Waals surface area contributed by atoms with Crippen molar-refractivity contribution in [3.05, 3.63) is 17.8 Å². The van der Waals surface area contributed by atoms with Gasteiger partial charge in [0.25, 0.3) is 0 Å². The van der Waals surface area contributed by atoms with Crippen LogP contribution >= 0.6 is 0 Å². The van der Waals surface area contributed by atoms with Crippen LogP contribution in [0.15, 0.2) is 12.3 Å². The standard InChI is InChI=1S/C12H19N3O/c1-9-7-10(13)8-14-12(9)15(2)11-3-5-16-6-4-11/h7-8,11H,3-6,13H2,1-2H3. The van der Waals surface area contributed by atoms with E-state index in [9.17, 15) is 0 Å². The van der Waals surface area contributed by atoms with Crippen LogP contribution in [0.5, 0.6) is 0 Å². The Kier molecular flexibility index (Phi) is 3.29. The number of aryl methyl sites for hydroxylation is 1. The van der Waals surface area contributed by atoms with Crippen LogP contribution < -0.4 is 10.6 Å². The van der Waals surface area contributed by atoms with Crippen LogP contribution in [-0.4, -0.2) is 31.3 Å². The van der Waals surface area contributed by atoms with E-state index >= 15 is 0 Å². The average Bonchev–Trinajstić information content (AvgIpc) is 2.29. The smallest absolute Gasteiger partial charge is 0.131 e. The summed E-state index contributed by atoms with van der Waals surface area (Å²) in [5, 5.41) is 0. The molecular weight excluding hydrogens is 202 g/mol. The van der Waals surface area contributed by atoms with Crippen molar-refractivity contribution in [3.63, 3.8) is 0 Å². The second-order valence-electron chi connectivity index (χ2n) is 4.36. The molecule has 4 heteroatoms. The summed E-state index contributed by atoms with van der Waals surface area (Å²) in [5.74, 6) is 1.03. The van der Waals surface area contributed by atoms with Crippen LogP contribution in [-0.2, 0) is 4.74 Å². The van der Waals surface area contributed by atoms with Gasteiger partial charge in [-0.15, -0.1) is 0 Å². The molecule has 1 saturated heterocycles. The van der Waals surface area contributed by atoms with Crippen molar-refractivity contribution in [2.75, 3.05) is 30.9 Å². The molecule has 1 fully saturated rings. The fourth-order valence-electron chi connectivity index (χ4n) is 2.20. The Morgan fingerprint density at radius 2 is 2.12 bits per heavy atom. The predicted molar refractivity (Wildman–Crippen MR) is 65.6 cm³/mol. The van der Waals surface area contributed by atoms with Crippen molar-refractivity contribution in [1.82, 2.24) is 4.98 Å². The van der Waals surface area contributed by atoms with Gasteiger partial charge in [-0.3, -0.25) is 0 Å². The van der Waals surface area contributed by atoms with Crippen LogP contribution in [0, 0.1) is 6.92 Å². The van der Waals surface area contributed by atoms with E-state index in [2.05, 4.69) is 23.9 Å². The van der Waals surface area contributed by atoms with E-state index < -0.39 is 0 Å². The van der Waals surface area contributed by atoms with E-state index in [0.29, 0.717) is 6.04 Å². The minimum Gasteiger partial charge on any atom is -0.397 e. The molecule has 2 N–H and O–H groups in total. The molecule has 1 aliphatic rings. The molecule has 1 aliphatic heterocycles. The lowest BCUT2D eigenvalue weighted by molar-refractivity contribution is 0.0853. The molecule has 2 rings (SSSR count). The van der Waals surface area contributed by atoms with Crippen molar-refractivity contribution in [2.24, 2.45) is 0 Å². The Labute approximate surface area is 96.4 Å². The molecule has 0 saturated carbocycles. The van der Waals surface area contributed by atoms with Gasteiger partial charge in [-0.2, -0.15) is 0 Å². The SMILES string of the molecule is Cc1cc(N)cnc1N(C)C1CCOCC1. The van der Waals surface area contributed by atoms with E-state index in [1.165, 1.54) is 0 Å². The second-order valence-corrected chi connectivity index (χ2v) is 4.36. The van der Waals surface area contributed by atoms with Crippen LogP contribution in [0.1, 0.15) is 18.4 Å². The molecule has 0 aromatic carbocycles. The molecule has 0 bridgehead atoms. The highest BCUT2D eigenvalue weighted by atomic mass is 16.5. The first-order valence-electron chi connectivity index (χ1n) is 5.71. The molecule has 4 nitrogen and oxygen atoms in total. The number of nitrogen functional groups attached to an aromatic ring is 1. The van der Waals surface area contributed by atoms with Crippen molar-refractivity contribution >= 4 is 11.5 Å². The van der Waals surface area contributed by atoms with Crippen LogP contribution in [0.3, 0.4) is 0 Å². The van der Waals surface area contributed by atoms with Gasteiger partial charge in [0.2, 0.25) is 0 Å². The number of ether oxygens (including phenoxy) is 1. The molecule has 0 spiro atoms. The largest absolute Gasteiger partial charge is 0.397 e. The summed E-state index contributed by atoms with van der Waals surface area (Å²) in [7, 11) is 2.10. The van der Waals surface area contributed by atoms with Gasteiger partial charge in [0.1, 0.15) is 5.82 Å².